The monoisotopic (exact) mass is 273 g/mol. The van der Waals surface area contributed by atoms with Gasteiger partial charge in [0.2, 0.25) is 0 Å². The average Bonchev–Trinajstić information content (AvgIpc) is 2.87. The van der Waals surface area contributed by atoms with Crippen LogP contribution in [-0.2, 0) is 19.6 Å². The largest absolute Gasteiger partial charge is 0.469 e. The van der Waals surface area contributed by atoms with Crippen LogP contribution in [0.1, 0.15) is 27.5 Å². The van der Waals surface area contributed by atoms with Crippen LogP contribution in [0.2, 0.25) is 0 Å². The van der Waals surface area contributed by atoms with Gasteiger partial charge in [0.1, 0.15) is 5.76 Å². The van der Waals surface area contributed by atoms with Gasteiger partial charge < -0.3 is 10.2 Å². The van der Waals surface area contributed by atoms with Crippen molar-refractivity contribution in [3.8, 4) is 0 Å². The third-order valence-electron chi connectivity index (χ3n) is 2.60. The predicted molar refractivity (Wildman–Crippen MR) is 58.2 cm³/mol. The zero-order chi connectivity index (χ0) is 14.2. The van der Waals surface area contributed by atoms with Gasteiger partial charge in [-0.1, -0.05) is 0 Å². The van der Waals surface area contributed by atoms with Gasteiger partial charge in [0.25, 0.3) is 5.91 Å². The predicted octanol–water partition coefficient (Wildman–Crippen LogP) is 1.72. The summed E-state index contributed by atoms with van der Waals surface area (Å²) in [6.45, 7) is 0. The van der Waals surface area contributed by atoms with Crippen LogP contribution >= 0.6 is 0 Å². The third-order valence-corrected chi connectivity index (χ3v) is 2.60. The summed E-state index contributed by atoms with van der Waals surface area (Å²) in [5, 5.41) is 3.33. The van der Waals surface area contributed by atoms with Gasteiger partial charge in [-0.15, -0.1) is 0 Å². The smallest absolute Gasteiger partial charge is 0.435 e. The molecule has 1 amide bonds. The number of carbonyl (C=O) groups excluding carboxylic acids is 1. The number of alkyl halides is 3. The van der Waals surface area contributed by atoms with Gasteiger partial charge in [-0.2, -0.15) is 18.3 Å². The quantitative estimate of drug-likeness (QED) is 0.925. The number of furan rings is 1. The third kappa shape index (κ3) is 2.47. The Balaban J connectivity index is 2.54. The van der Waals surface area contributed by atoms with Crippen LogP contribution in [0.25, 0.3) is 0 Å². The molecule has 0 atom stereocenters. The molecule has 19 heavy (non-hydrogen) atoms. The van der Waals surface area contributed by atoms with E-state index in [9.17, 15) is 18.0 Å². The molecule has 0 aliphatic carbocycles. The van der Waals surface area contributed by atoms with E-state index in [0.29, 0.717) is 5.76 Å². The van der Waals surface area contributed by atoms with Crippen LogP contribution in [0.3, 0.4) is 0 Å². The van der Waals surface area contributed by atoms with E-state index in [1.54, 1.807) is 12.1 Å². The molecule has 2 aromatic heterocycles. The summed E-state index contributed by atoms with van der Waals surface area (Å²) in [5.41, 5.74) is 3.20. The highest BCUT2D eigenvalue weighted by atomic mass is 19.4. The second-order valence-electron chi connectivity index (χ2n) is 3.91. The minimum atomic E-state index is -4.73. The summed E-state index contributed by atoms with van der Waals surface area (Å²) < 4.78 is 44.4. The van der Waals surface area contributed by atoms with E-state index in [2.05, 4.69) is 5.10 Å². The molecule has 2 rings (SSSR count). The normalized spacial score (nSPS) is 11.8. The highest BCUT2D eigenvalue weighted by Gasteiger charge is 2.40. The summed E-state index contributed by atoms with van der Waals surface area (Å²) in [5.74, 6) is -0.749. The minimum Gasteiger partial charge on any atom is -0.469 e. The number of primary amides is 1. The summed E-state index contributed by atoms with van der Waals surface area (Å²) in [6.07, 6.45) is -3.34. The first-order valence-electron chi connectivity index (χ1n) is 5.26. The molecular weight excluding hydrogens is 263 g/mol. The van der Waals surface area contributed by atoms with E-state index >= 15 is 0 Å². The van der Waals surface area contributed by atoms with Gasteiger partial charge in [-0.3, -0.25) is 9.48 Å². The highest BCUT2D eigenvalue weighted by molar-refractivity contribution is 5.95. The number of aromatic nitrogens is 2. The fourth-order valence-electron chi connectivity index (χ4n) is 1.80. The van der Waals surface area contributed by atoms with E-state index in [4.69, 9.17) is 10.2 Å². The molecule has 0 unspecified atom stereocenters. The first kappa shape index (κ1) is 13.2. The molecule has 0 radical (unpaired) electrons. The van der Waals surface area contributed by atoms with Crippen LogP contribution in [-0.4, -0.2) is 15.7 Å². The Morgan fingerprint density at radius 2 is 2.21 bits per heavy atom. The lowest BCUT2D eigenvalue weighted by Gasteiger charge is -2.04. The number of carbonyl (C=O) groups is 1. The second kappa shape index (κ2) is 4.45. The van der Waals surface area contributed by atoms with Gasteiger partial charge >= 0.3 is 6.18 Å². The Labute approximate surface area is 105 Å². The number of hydrogen-bond acceptors (Lipinski definition) is 3. The van der Waals surface area contributed by atoms with Gasteiger partial charge in [-0.25, -0.2) is 0 Å². The number of aryl methyl sites for hydroxylation is 1. The summed E-state index contributed by atoms with van der Waals surface area (Å²) in [4.78, 5) is 11.3. The Morgan fingerprint density at radius 1 is 1.53 bits per heavy atom. The van der Waals surface area contributed by atoms with Crippen molar-refractivity contribution in [2.45, 2.75) is 12.6 Å². The number of nitrogens with zero attached hydrogens (tertiary/aromatic N) is 2. The molecule has 0 spiro atoms. The number of hydrogen-bond donors (Lipinski definition) is 1. The molecule has 0 aliphatic heterocycles. The fraction of sp³-hybridized carbons (Fsp3) is 0.273. The molecule has 0 fully saturated rings. The molecule has 102 valence electrons. The molecule has 2 aromatic rings. The average molecular weight is 273 g/mol. The summed E-state index contributed by atoms with van der Waals surface area (Å²) >= 11 is 0. The summed E-state index contributed by atoms with van der Waals surface area (Å²) in [7, 11) is 1.32. The van der Waals surface area contributed by atoms with Gasteiger partial charge in [0.05, 0.1) is 17.5 Å². The van der Waals surface area contributed by atoms with Crippen LogP contribution in [0.15, 0.2) is 22.8 Å². The van der Waals surface area contributed by atoms with Gasteiger partial charge in [0, 0.05) is 13.5 Å². The van der Waals surface area contributed by atoms with E-state index in [-0.39, 0.29) is 12.1 Å². The standard InChI is InChI=1S/C11H10F3N3O2/c1-17-7(5-6-3-2-4-19-6)8(10(15)18)9(16-17)11(12,13)14/h2-4H,5H2,1H3,(H2,15,18). The molecular formula is C11H10F3N3O2. The van der Waals surface area contributed by atoms with Gasteiger partial charge in [0.15, 0.2) is 5.69 Å². The molecule has 0 aromatic carbocycles. The SMILES string of the molecule is Cn1nc(C(F)(F)F)c(C(N)=O)c1Cc1ccco1. The molecule has 0 bridgehead atoms. The van der Waals surface area contributed by atoms with E-state index in [1.807, 2.05) is 0 Å². The lowest BCUT2D eigenvalue weighted by Crippen LogP contribution is -2.19. The van der Waals surface area contributed by atoms with Crippen molar-refractivity contribution < 1.29 is 22.4 Å². The van der Waals surface area contributed by atoms with Crippen LogP contribution in [0.4, 0.5) is 13.2 Å². The molecule has 2 N–H and O–H groups in total. The molecule has 5 nitrogen and oxygen atoms in total. The zero-order valence-corrected chi connectivity index (χ0v) is 9.86. The minimum absolute atomic E-state index is 0.00481. The van der Waals surface area contributed by atoms with Gasteiger partial charge in [-0.05, 0) is 12.1 Å². The molecule has 2 heterocycles. The molecule has 8 heteroatoms. The maximum atomic E-state index is 12.8. The Bertz CT molecular complexity index is 599. The van der Waals surface area contributed by atoms with E-state index in [1.165, 1.54) is 13.3 Å². The summed E-state index contributed by atoms with van der Waals surface area (Å²) in [6, 6.07) is 3.19. The molecule has 0 saturated carbocycles. The zero-order valence-electron chi connectivity index (χ0n) is 9.86. The number of amides is 1. The maximum Gasteiger partial charge on any atom is 0.435 e. The Kier molecular flexibility index (Phi) is 3.09. The molecule has 0 aliphatic rings. The van der Waals surface area contributed by atoms with Crippen molar-refractivity contribution in [2.24, 2.45) is 12.8 Å². The second-order valence-corrected chi connectivity index (χ2v) is 3.91. The maximum absolute atomic E-state index is 12.8. The number of halogens is 3. The lowest BCUT2D eigenvalue weighted by molar-refractivity contribution is -0.141. The fourth-order valence-corrected chi connectivity index (χ4v) is 1.80. The van der Waals surface area contributed by atoms with Crippen LogP contribution in [0, 0.1) is 0 Å². The highest BCUT2D eigenvalue weighted by Crippen LogP contribution is 2.32. The van der Waals surface area contributed by atoms with Crippen molar-refractivity contribution in [3.05, 3.63) is 41.1 Å². The van der Waals surface area contributed by atoms with Crippen molar-refractivity contribution in [3.63, 3.8) is 0 Å². The van der Waals surface area contributed by atoms with Crippen LogP contribution in [0.5, 0.6) is 0 Å². The lowest BCUT2D eigenvalue weighted by atomic mass is 10.1. The first-order valence-corrected chi connectivity index (χ1v) is 5.26. The van der Waals surface area contributed by atoms with Crippen molar-refractivity contribution in [2.75, 3.05) is 0 Å². The number of nitrogens with two attached hydrogens (primary N) is 1. The van der Waals surface area contributed by atoms with Crippen LogP contribution < -0.4 is 5.73 Å². The van der Waals surface area contributed by atoms with E-state index < -0.39 is 23.3 Å². The topological polar surface area (TPSA) is 74.1 Å². The molecule has 0 saturated heterocycles. The van der Waals surface area contributed by atoms with E-state index in [0.717, 1.165) is 4.68 Å². The Morgan fingerprint density at radius 3 is 2.68 bits per heavy atom. The van der Waals surface area contributed by atoms with Crippen molar-refractivity contribution >= 4 is 5.91 Å². The Hall–Kier alpha value is -2.25. The van der Waals surface area contributed by atoms with Crippen molar-refractivity contribution in [1.29, 1.82) is 0 Å². The van der Waals surface area contributed by atoms with Crippen molar-refractivity contribution in [1.82, 2.24) is 9.78 Å². The number of rotatable bonds is 3. The first-order chi connectivity index (χ1) is 8.80.